The summed E-state index contributed by atoms with van der Waals surface area (Å²) < 4.78 is 6.13. The van der Waals surface area contributed by atoms with Gasteiger partial charge in [0.25, 0.3) is 0 Å². The summed E-state index contributed by atoms with van der Waals surface area (Å²) in [6, 6.07) is 10.6. The summed E-state index contributed by atoms with van der Waals surface area (Å²) in [5, 5.41) is 1.22. The number of amides is 1. The van der Waals surface area contributed by atoms with Gasteiger partial charge in [-0.3, -0.25) is 4.79 Å². The van der Waals surface area contributed by atoms with Crippen molar-refractivity contribution in [1.29, 1.82) is 0 Å². The fourth-order valence-corrected chi connectivity index (χ4v) is 6.67. The molecule has 0 aliphatic carbocycles. The number of piperidine rings is 1. The van der Waals surface area contributed by atoms with Crippen LogP contribution in [-0.2, 0) is 30.6 Å². The Morgan fingerprint density at radius 2 is 2.00 bits per heavy atom. The number of thiophene rings is 1. The van der Waals surface area contributed by atoms with Gasteiger partial charge in [0.2, 0.25) is 5.91 Å². The topological polar surface area (TPSA) is 36.7 Å². The Morgan fingerprint density at radius 3 is 2.74 bits per heavy atom. The summed E-state index contributed by atoms with van der Waals surface area (Å²) >= 11 is 2.01. The molecular weight excluding hydrogens is 404 g/mol. The number of nitrogens with zero attached hydrogens (tertiary/aromatic N) is 2. The highest BCUT2D eigenvalue weighted by Crippen LogP contribution is 2.35. The number of hydrogen-bond donors (Lipinski definition) is 0. The summed E-state index contributed by atoms with van der Waals surface area (Å²) in [6.07, 6.45) is 5.58. The number of hydrogen-bond acceptors (Lipinski definition) is 4. The van der Waals surface area contributed by atoms with Crippen LogP contribution in [0.25, 0.3) is 11.0 Å². The van der Waals surface area contributed by atoms with Gasteiger partial charge in [-0.05, 0) is 68.5 Å². The lowest BCUT2D eigenvalue weighted by molar-refractivity contribution is -0.129. The van der Waals surface area contributed by atoms with Crippen LogP contribution in [0.5, 0.6) is 0 Å². The maximum Gasteiger partial charge on any atom is 0.219 e. The fourth-order valence-electron chi connectivity index (χ4n) is 5.29. The third kappa shape index (κ3) is 4.18. The molecule has 4 nitrogen and oxygen atoms in total. The van der Waals surface area contributed by atoms with Gasteiger partial charge in [-0.2, -0.15) is 0 Å². The zero-order valence-electron chi connectivity index (χ0n) is 18.7. The molecule has 0 spiro atoms. The highest BCUT2D eigenvalue weighted by molar-refractivity contribution is 7.12. The predicted octanol–water partition coefficient (Wildman–Crippen LogP) is 5.38. The molecule has 2 aliphatic rings. The molecule has 1 fully saturated rings. The van der Waals surface area contributed by atoms with Crippen LogP contribution in [0.4, 0.5) is 0 Å². The number of furan rings is 1. The highest BCUT2D eigenvalue weighted by atomic mass is 32.1. The van der Waals surface area contributed by atoms with Crippen LogP contribution in [0, 0.1) is 0 Å². The SMILES string of the molecule is CCc1c(CCN2CCC(c3cc4ccccc4o3)CC2)sc2c1CN(C(C)=O)CC2. The average Bonchev–Trinajstić information content (AvgIpc) is 3.38. The molecule has 3 aromatic rings. The second-order valence-electron chi connectivity index (χ2n) is 9.00. The lowest BCUT2D eigenvalue weighted by Gasteiger charge is -2.31. The number of carbonyl (C=O) groups excluding carboxylic acids is 1. The third-order valence-corrected chi connectivity index (χ3v) is 8.52. The van der Waals surface area contributed by atoms with Crippen molar-refractivity contribution in [1.82, 2.24) is 9.80 Å². The molecule has 0 radical (unpaired) electrons. The van der Waals surface area contributed by atoms with Crippen molar-refractivity contribution in [2.75, 3.05) is 26.2 Å². The standard InChI is InChI=1S/C26H32N2O2S/c1-3-21-22-17-28(18(2)29)15-11-26(22)31-25(21)10-14-27-12-8-19(9-13-27)24-16-20-6-4-5-7-23(20)30-24/h4-7,16,19H,3,8-15,17H2,1-2H3. The molecule has 0 bridgehead atoms. The van der Waals surface area contributed by atoms with E-state index in [1.165, 1.54) is 34.2 Å². The molecule has 5 heteroatoms. The molecule has 5 rings (SSSR count). The predicted molar refractivity (Wildman–Crippen MR) is 127 cm³/mol. The van der Waals surface area contributed by atoms with E-state index < -0.39 is 0 Å². The van der Waals surface area contributed by atoms with Crippen LogP contribution in [0.2, 0.25) is 0 Å². The van der Waals surface area contributed by atoms with Gasteiger partial charge in [0.05, 0.1) is 0 Å². The minimum atomic E-state index is 0.202. The van der Waals surface area contributed by atoms with Gasteiger partial charge in [0, 0.05) is 47.6 Å². The van der Waals surface area contributed by atoms with E-state index in [9.17, 15) is 4.79 Å². The van der Waals surface area contributed by atoms with Crippen LogP contribution in [0.1, 0.15) is 59.2 Å². The maximum atomic E-state index is 11.8. The van der Waals surface area contributed by atoms with E-state index >= 15 is 0 Å². The van der Waals surface area contributed by atoms with Crippen LogP contribution in [0.15, 0.2) is 34.7 Å². The summed E-state index contributed by atoms with van der Waals surface area (Å²) in [5.41, 5.74) is 3.98. The van der Waals surface area contributed by atoms with Crippen LogP contribution in [-0.4, -0.2) is 41.9 Å². The van der Waals surface area contributed by atoms with E-state index in [1.807, 2.05) is 22.3 Å². The molecule has 0 atom stereocenters. The molecule has 1 aromatic carbocycles. The quantitative estimate of drug-likeness (QED) is 0.539. The summed E-state index contributed by atoms with van der Waals surface area (Å²) in [5.74, 6) is 1.91. The number of carbonyl (C=O) groups is 1. The van der Waals surface area contributed by atoms with Crippen molar-refractivity contribution in [3.63, 3.8) is 0 Å². The zero-order chi connectivity index (χ0) is 21.4. The minimum absolute atomic E-state index is 0.202. The average molecular weight is 437 g/mol. The Morgan fingerprint density at radius 1 is 1.19 bits per heavy atom. The number of benzene rings is 1. The van der Waals surface area contributed by atoms with E-state index in [2.05, 4.69) is 36.1 Å². The smallest absolute Gasteiger partial charge is 0.219 e. The molecule has 164 valence electrons. The van der Waals surface area contributed by atoms with Gasteiger partial charge in [-0.1, -0.05) is 25.1 Å². The Bertz CT molecular complexity index is 1040. The maximum absolute atomic E-state index is 11.8. The van der Waals surface area contributed by atoms with Gasteiger partial charge in [-0.25, -0.2) is 0 Å². The summed E-state index contributed by atoms with van der Waals surface area (Å²) in [4.78, 5) is 19.5. The van der Waals surface area contributed by atoms with Gasteiger partial charge in [-0.15, -0.1) is 11.3 Å². The molecule has 1 saturated heterocycles. The number of para-hydroxylation sites is 1. The monoisotopic (exact) mass is 436 g/mol. The van der Waals surface area contributed by atoms with Gasteiger partial charge in [0.15, 0.2) is 0 Å². The largest absolute Gasteiger partial charge is 0.461 e. The number of rotatable bonds is 5. The van der Waals surface area contributed by atoms with E-state index in [-0.39, 0.29) is 5.91 Å². The van der Waals surface area contributed by atoms with Crippen LogP contribution in [0.3, 0.4) is 0 Å². The highest BCUT2D eigenvalue weighted by Gasteiger charge is 2.26. The number of likely N-dealkylation sites (tertiary alicyclic amines) is 1. The first kappa shape index (κ1) is 20.8. The van der Waals surface area contributed by atoms with Crippen molar-refractivity contribution in [3.05, 3.63) is 57.0 Å². The summed E-state index contributed by atoms with van der Waals surface area (Å²) in [6.45, 7) is 9.07. The lowest BCUT2D eigenvalue weighted by atomic mass is 9.94. The zero-order valence-corrected chi connectivity index (χ0v) is 19.5. The second kappa shape index (κ2) is 8.79. The first-order valence-corrected chi connectivity index (χ1v) is 12.5. The number of fused-ring (bicyclic) bond motifs is 2. The second-order valence-corrected chi connectivity index (χ2v) is 10.2. The molecule has 1 amide bonds. The lowest BCUT2D eigenvalue weighted by Crippen LogP contribution is -2.34. The first-order valence-electron chi connectivity index (χ1n) is 11.7. The molecule has 2 aromatic heterocycles. The van der Waals surface area contributed by atoms with Crippen molar-refractivity contribution < 1.29 is 9.21 Å². The van der Waals surface area contributed by atoms with E-state index in [0.29, 0.717) is 5.92 Å². The van der Waals surface area contributed by atoms with Crippen molar-refractivity contribution in [2.45, 2.75) is 58.4 Å². The van der Waals surface area contributed by atoms with Crippen molar-refractivity contribution in [3.8, 4) is 0 Å². The Hall–Kier alpha value is -2.11. The molecule has 0 unspecified atom stereocenters. The van der Waals surface area contributed by atoms with Crippen molar-refractivity contribution >= 4 is 28.2 Å². The van der Waals surface area contributed by atoms with E-state index in [4.69, 9.17) is 4.42 Å². The van der Waals surface area contributed by atoms with Gasteiger partial charge in [0.1, 0.15) is 11.3 Å². The Kier molecular flexibility index (Phi) is 5.89. The van der Waals surface area contributed by atoms with Crippen molar-refractivity contribution in [2.24, 2.45) is 0 Å². The van der Waals surface area contributed by atoms with E-state index in [1.54, 1.807) is 11.8 Å². The first-order chi connectivity index (χ1) is 15.1. The van der Waals surface area contributed by atoms with Gasteiger partial charge >= 0.3 is 0 Å². The Balaban J connectivity index is 1.19. The van der Waals surface area contributed by atoms with Crippen LogP contribution < -0.4 is 0 Å². The normalized spacial score (nSPS) is 17.9. The van der Waals surface area contributed by atoms with E-state index in [0.717, 1.165) is 63.3 Å². The molecule has 31 heavy (non-hydrogen) atoms. The fraction of sp³-hybridized carbons (Fsp3) is 0.500. The molecular formula is C26H32N2O2S. The minimum Gasteiger partial charge on any atom is -0.461 e. The van der Waals surface area contributed by atoms with Crippen LogP contribution >= 0.6 is 11.3 Å². The Labute approximate surface area is 188 Å². The summed E-state index contributed by atoms with van der Waals surface area (Å²) in [7, 11) is 0. The molecule has 2 aliphatic heterocycles. The molecule has 4 heterocycles. The molecule has 0 N–H and O–H groups in total. The third-order valence-electron chi connectivity index (χ3n) is 7.13. The molecule has 0 saturated carbocycles. The van der Waals surface area contributed by atoms with Gasteiger partial charge < -0.3 is 14.2 Å².